The Bertz CT molecular complexity index is 393. The summed E-state index contributed by atoms with van der Waals surface area (Å²) in [4.78, 5) is 7.08. The highest BCUT2D eigenvalue weighted by molar-refractivity contribution is 14.0. The Hall–Kier alpha value is -0.0800. The van der Waals surface area contributed by atoms with Gasteiger partial charge < -0.3 is 15.4 Å². The van der Waals surface area contributed by atoms with Crippen molar-refractivity contribution in [3.05, 3.63) is 0 Å². The Labute approximate surface area is 178 Å². The molecule has 1 atom stereocenters. The molecule has 0 radical (unpaired) electrons. The zero-order chi connectivity index (χ0) is 18.0. The van der Waals surface area contributed by atoms with E-state index in [1.54, 1.807) is 0 Å². The van der Waals surface area contributed by atoms with Crippen LogP contribution < -0.4 is 10.6 Å². The predicted octanol–water partition coefficient (Wildman–Crippen LogP) is 3.63. The lowest BCUT2D eigenvalue weighted by molar-refractivity contribution is 0.105. The molecule has 26 heavy (non-hydrogen) atoms. The summed E-state index contributed by atoms with van der Waals surface area (Å²) in [7, 11) is 1.88. The molecule has 1 aliphatic carbocycles. The van der Waals surface area contributed by atoms with E-state index in [4.69, 9.17) is 4.74 Å². The first kappa shape index (κ1) is 24.0. The van der Waals surface area contributed by atoms with E-state index < -0.39 is 0 Å². The zero-order valence-corrected chi connectivity index (χ0v) is 19.5. The van der Waals surface area contributed by atoms with Crippen molar-refractivity contribution in [2.75, 3.05) is 46.4 Å². The van der Waals surface area contributed by atoms with Crippen LogP contribution in [0.5, 0.6) is 0 Å². The minimum Gasteiger partial charge on any atom is -0.382 e. The molecule has 0 aromatic heterocycles. The summed E-state index contributed by atoms with van der Waals surface area (Å²) >= 11 is 0. The summed E-state index contributed by atoms with van der Waals surface area (Å²) in [5, 5.41) is 7.19. The second kappa shape index (κ2) is 13.2. The summed E-state index contributed by atoms with van der Waals surface area (Å²) in [6.07, 6.45) is 10.4. The lowest BCUT2D eigenvalue weighted by atomic mass is 9.83. The highest BCUT2D eigenvalue weighted by Gasteiger charge is 2.33. The van der Waals surface area contributed by atoms with E-state index in [9.17, 15) is 0 Å². The van der Waals surface area contributed by atoms with Crippen LogP contribution in [0.1, 0.15) is 65.2 Å². The normalized spacial score (nSPS) is 21.4. The monoisotopic (exact) mass is 480 g/mol. The van der Waals surface area contributed by atoms with Gasteiger partial charge >= 0.3 is 0 Å². The van der Waals surface area contributed by atoms with Gasteiger partial charge in [0.1, 0.15) is 0 Å². The molecule has 0 spiro atoms. The lowest BCUT2D eigenvalue weighted by Crippen LogP contribution is -2.48. The number of aliphatic imine (C=N–C) groups is 1. The fourth-order valence-corrected chi connectivity index (χ4v) is 4.42. The van der Waals surface area contributed by atoms with E-state index in [2.05, 4.69) is 34.4 Å². The Morgan fingerprint density at radius 1 is 1.12 bits per heavy atom. The molecular weight excluding hydrogens is 439 g/mol. The van der Waals surface area contributed by atoms with Crippen LogP contribution in [-0.4, -0.2) is 63.3 Å². The first-order valence-corrected chi connectivity index (χ1v) is 10.5. The summed E-state index contributed by atoms with van der Waals surface area (Å²) in [5.74, 6) is 0.959. The number of nitrogens with one attached hydrogen (secondary N) is 2. The summed E-state index contributed by atoms with van der Waals surface area (Å²) in [6, 6.07) is 0.624. The van der Waals surface area contributed by atoms with E-state index in [0.29, 0.717) is 11.5 Å². The van der Waals surface area contributed by atoms with Gasteiger partial charge in [0.2, 0.25) is 0 Å². The molecule has 1 heterocycles. The van der Waals surface area contributed by atoms with Crippen LogP contribution in [0.25, 0.3) is 0 Å². The molecule has 2 rings (SSSR count). The average molecular weight is 480 g/mol. The van der Waals surface area contributed by atoms with Gasteiger partial charge in [-0.2, -0.15) is 0 Å². The highest BCUT2D eigenvalue weighted by Crippen LogP contribution is 2.40. The smallest absolute Gasteiger partial charge is 0.191 e. The Balaban J connectivity index is 0.00000338. The second-order valence-corrected chi connectivity index (χ2v) is 7.77. The van der Waals surface area contributed by atoms with Crippen molar-refractivity contribution in [2.24, 2.45) is 10.4 Å². The maximum atomic E-state index is 5.62. The molecule has 2 N–H and O–H groups in total. The van der Waals surface area contributed by atoms with Crippen LogP contribution in [0.4, 0.5) is 0 Å². The number of likely N-dealkylation sites (tertiary alicyclic amines) is 1. The topological polar surface area (TPSA) is 48.9 Å². The predicted molar refractivity (Wildman–Crippen MR) is 122 cm³/mol. The maximum absolute atomic E-state index is 5.62. The second-order valence-electron chi connectivity index (χ2n) is 7.77. The van der Waals surface area contributed by atoms with Gasteiger partial charge in [-0.15, -0.1) is 24.0 Å². The summed E-state index contributed by atoms with van der Waals surface area (Å²) in [5.41, 5.74) is 0.395. The largest absolute Gasteiger partial charge is 0.382 e. The summed E-state index contributed by atoms with van der Waals surface area (Å²) in [6.45, 7) is 10.6. The van der Waals surface area contributed by atoms with Gasteiger partial charge in [0.15, 0.2) is 5.96 Å². The van der Waals surface area contributed by atoms with Gasteiger partial charge in [0, 0.05) is 39.4 Å². The standard InChI is InChI=1S/C20H40N4O.HI/c1-4-18(24-13-8-9-14-24)16-22-19(21-3)23-17-20(10-6-7-11-20)12-15-25-5-2;/h18H,4-17H2,1-3H3,(H2,21,22,23);1H. The number of ether oxygens (including phenoxy) is 1. The summed E-state index contributed by atoms with van der Waals surface area (Å²) < 4.78 is 5.62. The van der Waals surface area contributed by atoms with Gasteiger partial charge in [-0.1, -0.05) is 19.8 Å². The van der Waals surface area contributed by atoms with Crippen molar-refractivity contribution in [1.29, 1.82) is 0 Å². The third-order valence-corrected chi connectivity index (χ3v) is 6.13. The third kappa shape index (κ3) is 7.50. The van der Waals surface area contributed by atoms with E-state index >= 15 is 0 Å². The highest BCUT2D eigenvalue weighted by atomic mass is 127. The minimum atomic E-state index is 0. The van der Waals surface area contributed by atoms with Crippen molar-refractivity contribution < 1.29 is 4.74 Å². The van der Waals surface area contributed by atoms with Crippen LogP contribution in [0, 0.1) is 5.41 Å². The SMILES string of the molecule is CCOCCC1(CNC(=NC)NCC(CC)N2CCCC2)CCCC1.I. The first-order valence-electron chi connectivity index (χ1n) is 10.5. The van der Waals surface area contributed by atoms with Crippen LogP contribution in [0.3, 0.4) is 0 Å². The van der Waals surface area contributed by atoms with Gasteiger partial charge in [0.25, 0.3) is 0 Å². The molecule has 6 heteroatoms. The number of halogens is 1. The average Bonchev–Trinajstić information content (AvgIpc) is 3.31. The molecule has 1 aliphatic heterocycles. The Morgan fingerprint density at radius 3 is 2.38 bits per heavy atom. The molecule has 0 aromatic carbocycles. The quantitative estimate of drug-likeness (QED) is 0.217. The molecule has 0 amide bonds. The molecular formula is C20H41IN4O. The van der Waals surface area contributed by atoms with Gasteiger partial charge in [0.05, 0.1) is 0 Å². The number of rotatable bonds is 10. The van der Waals surface area contributed by atoms with E-state index in [1.807, 2.05) is 7.05 Å². The third-order valence-electron chi connectivity index (χ3n) is 6.13. The number of hydrogen-bond acceptors (Lipinski definition) is 3. The molecule has 2 aliphatic rings. The van der Waals surface area contributed by atoms with Crippen LogP contribution in [-0.2, 0) is 4.74 Å². The molecule has 5 nitrogen and oxygen atoms in total. The minimum absolute atomic E-state index is 0. The van der Waals surface area contributed by atoms with Gasteiger partial charge in [-0.05, 0) is 64.0 Å². The van der Waals surface area contributed by atoms with Crippen molar-refractivity contribution >= 4 is 29.9 Å². The zero-order valence-electron chi connectivity index (χ0n) is 17.2. The van der Waals surface area contributed by atoms with E-state index in [0.717, 1.165) is 38.7 Å². The van der Waals surface area contributed by atoms with E-state index in [-0.39, 0.29) is 24.0 Å². The molecule has 1 saturated carbocycles. The van der Waals surface area contributed by atoms with Gasteiger partial charge in [-0.3, -0.25) is 9.89 Å². The lowest BCUT2D eigenvalue weighted by Gasteiger charge is -2.31. The molecule has 2 fully saturated rings. The molecule has 1 saturated heterocycles. The number of hydrogen-bond donors (Lipinski definition) is 2. The molecule has 0 bridgehead atoms. The van der Waals surface area contributed by atoms with Crippen LogP contribution in [0.2, 0.25) is 0 Å². The molecule has 1 unspecified atom stereocenters. The Kier molecular flexibility index (Phi) is 12.1. The van der Waals surface area contributed by atoms with Crippen molar-refractivity contribution in [3.8, 4) is 0 Å². The van der Waals surface area contributed by atoms with Crippen molar-refractivity contribution in [1.82, 2.24) is 15.5 Å². The van der Waals surface area contributed by atoms with E-state index in [1.165, 1.54) is 58.0 Å². The maximum Gasteiger partial charge on any atom is 0.191 e. The van der Waals surface area contributed by atoms with Crippen molar-refractivity contribution in [3.63, 3.8) is 0 Å². The fourth-order valence-electron chi connectivity index (χ4n) is 4.42. The van der Waals surface area contributed by atoms with Crippen LogP contribution >= 0.6 is 24.0 Å². The van der Waals surface area contributed by atoms with Crippen molar-refractivity contribution in [2.45, 2.75) is 71.3 Å². The Morgan fingerprint density at radius 2 is 1.81 bits per heavy atom. The number of nitrogens with zero attached hydrogens (tertiary/aromatic N) is 2. The fraction of sp³-hybridized carbons (Fsp3) is 0.950. The van der Waals surface area contributed by atoms with Gasteiger partial charge in [-0.25, -0.2) is 0 Å². The van der Waals surface area contributed by atoms with Crippen LogP contribution in [0.15, 0.2) is 4.99 Å². The molecule has 0 aromatic rings. The molecule has 154 valence electrons. The first-order chi connectivity index (χ1) is 12.2. The number of guanidine groups is 1.